The van der Waals surface area contributed by atoms with Crippen molar-refractivity contribution in [2.45, 2.75) is 63.6 Å². The Hall–Kier alpha value is -3.92. The van der Waals surface area contributed by atoms with Gasteiger partial charge in [-0.1, -0.05) is 6.42 Å². The van der Waals surface area contributed by atoms with E-state index in [1.54, 1.807) is 23.4 Å². The Balaban J connectivity index is 1.53. The number of carbonyl (C=O) groups excluding carboxylic acids is 1. The highest BCUT2D eigenvalue weighted by Crippen LogP contribution is 2.42. The molecule has 3 aromatic heterocycles. The molecule has 1 aliphatic carbocycles. The molecule has 0 unspecified atom stereocenters. The maximum absolute atomic E-state index is 12.6. The first-order valence-electron chi connectivity index (χ1n) is 13.0. The third-order valence-electron chi connectivity index (χ3n) is 8.10. The van der Waals surface area contributed by atoms with Crippen LogP contribution in [-0.4, -0.2) is 50.0 Å². The molecule has 2 N–H and O–H groups in total. The van der Waals surface area contributed by atoms with Gasteiger partial charge in [0.2, 0.25) is 0 Å². The molecule has 6 rings (SSSR count). The van der Waals surface area contributed by atoms with E-state index in [4.69, 9.17) is 14.1 Å². The van der Waals surface area contributed by atoms with Gasteiger partial charge in [0.1, 0.15) is 5.82 Å². The number of carboxylic acid groups (broad SMARTS) is 1. The van der Waals surface area contributed by atoms with Crippen LogP contribution in [0, 0.1) is 5.92 Å². The number of pyridine rings is 1. The summed E-state index contributed by atoms with van der Waals surface area (Å²) in [4.78, 5) is 35.6. The molecule has 1 saturated carbocycles. The Morgan fingerprint density at radius 3 is 2.84 bits per heavy atom. The quantitative estimate of drug-likeness (QED) is 0.387. The molecule has 2 aliphatic rings. The van der Waals surface area contributed by atoms with E-state index in [0.717, 1.165) is 47.8 Å². The van der Waals surface area contributed by atoms with Gasteiger partial charge in [0.15, 0.2) is 11.7 Å². The van der Waals surface area contributed by atoms with E-state index in [-0.39, 0.29) is 12.1 Å². The van der Waals surface area contributed by atoms with Crippen molar-refractivity contribution in [1.29, 1.82) is 0 Å². The zero-order chi connectivity index (χ0) is 26.6. The highest BCUT2D eigenvalue weighted by atomic mass is 16.5. The first-order valence-corrected chi connectivity index (χ1v) is 13.0. The summed E-state index contributed by atoms with van der Waals surface area (Å²) < 4.78 is 12.5. The van der Waals surface area contributed by atoms with Crippen molar-refractivity contribution in [1.82, 2.24) is 14.5 Å². The van der Waals surface area contributed by atoms with Gasteiger partial charge in [0, 0.05) is 23.0 Å². The molecule has 198 valence electrons. The summed E-state index contributed by atoms with van der Waals surface area (Å²) >= 11 is 0. The summed E-state index contributed by atoms with van der Waals surface area (Å²) in [6.45, 7) is 1.99. The maximum atomic E-state index is 12.6. The Morgan fingerprint density at radius 1 is 1.21 bits per heavy atom. The number of rotatable bonds is 4. The molecule has 1 aromatic carbocycles. The number of hydrogen-bond donors (Lipinski definition) is 2. The number of imidazole rings is 1. The highest BCUT2D eigenvalue weighted by Gasteiger charge is 2.35. The lowest BCUT2D eigenvalue weighted by Crippen LogP contribution is -2.42. The number of methoxy groups -OCH3 is 1. The van der Waals surface area contributed by atoms with Crippen LogP contribution in [0.5, 0.6) is 0 Å². The zero-order valence-electron chi connectivity index (χ0n) is 21.3. The van der Waals surface area contributed by atoms with Crippen molar-refractivity contribution in [3.05, 3.63) is 53.8 Å². The van der Waals surface area contributed by atoms with Crippen LogP contribution in [0.2, 0.25) is 0 Å². The highest BCUT2D eigenvalue weighted by molar-refractivity contribution is 5.95. The summed E-state index contributed by atoms with van der Waals surface area (Å²) in [5, 5.41) is 22.2. The number of aromatic nitrogens is 3. The van der Waals surface area contributed by atoms with Crippen LogP contribution in [0.4, 0.5) is 10.5 Å². The SMILES string of the molecule is COC(=O)N1c2ccc3c(nc([C@@H](O)c4cc5ccoc5cn4)n3[C@@H]3CCC[C@@H](C(=O)O)C3)c2CC[C@@H]1C. The fraction of sp³-hybridized carbons (Fsp3) is 0.429. The summed E-state index contributed by atoms with van der Waals surface area (Å²) in [6, 6.07) is 7.25. The second kappa shape index (κ2) is 9.43. The number of benzene rings is 1. The molecule has 10 nitrogen and oxygen atoms in total. The Bertz CT molecular complexity index is 1540. The van der Waals surface area contributed by atoms with Gasteiger partial charge >= 0.3 is 12.1 Å². The number of aryl methyl sites for hydroxylation is 1. The van der Waals surface area contributed by atoms with Gasteiger partial charge in [-0.25, -0.2) is 9.78 Å². The maximum Gasteiger partial charge on any atom is 0.414 e. The number of aliphatic hydroxyl groups excluding tert-OH is 1. The van der Waals surface area contributed by atoms with E-state index in [0.29, 0.717) is 35.5 Å². The Morgan fingerprint density at radius 2 is 2.05 bits per heavy atom. The second-order valence-corrected chi connectivity index (χ2v) is 10.3. The molecule has 0 radical (unpaired) electrons. The van der Waals surface area contributed by atoms with Gasteiger partial charge in [0.05, 0.1) is 47.9 Å². The van der Waals surface area contributed by atoms with Gasteiger partial charge in [-0.3, -0.25) is 14.7 Å². The summed E-state index contributed by atoms with van der Waals surface area (Å²) in [7, 11) is 1.37. The summed E-state index contributed by atoms with van der Waals surface area (Å²) in [6.07, 6.45) is 5.71. The normalized spacial score (nSPS) is 22.4. The molecule has 10 heteroatoms. The fourth-order valence-electron chi connectivity index (χ4n) is 6.16. The number of furan rings is 1. The predicted octanol–water partition coefficient (Wildman–Crippen LogP) is 4.98. The largest absolute Gasteiger partial charge is 0.481 e. The summed E-state index contributed by atoms with van der Waals surface area (Å²) in [5.41, 5.74) is 4.24. The van der Waals surface area contributed by atoms with E-state index in [1.165, 1.54) is 7.11 Å². The van der Waals surface area contributed by atoms with Crippen molar-refractivity contribution < 1.29 is 29.0 Å². The molecule has 0 bridgehead atoms. The average molecular weight is 519 g/mol. The molecule has 0 saturated heterocycles. The predicted molar refractivity (Wildman–Crippen MR) is 139 cm³/mol. The number of nitrogens with zero attached hydrogens (tertiary/aromatic N) is 4. The van der Waals surface area contributed by atoms with Crippen LogP contribution in [0.25, 0.3) is 22.0 Å². The smallest absolute Gasteiger partial charge is 0.414 e. The molecule has 0 spiro atoms. The van der Waals surface area contributed by atoms with Gasteiger partial charge in [-0.2, -0.15) is 0 Å². The number of carbonyl (C=O) groups is 2. The molecular formula is C28H30N4O6. The minimum Gasteiger partial charge on any atom is -0.481 e. The molecule has 4 atom stereocenters. The number of amides is 1. The van der Waals surface area contributed by atoms with E-state index in [9.17, 15) is 19.8 Å². The fourth-order valence-corrected chi connectivity index (χ4v) is 6.16. The van der Waals surface area contributed by atoms with E-state index >= 15 is 0 Å². The van der Waals surface area contributed by atoms with Crippen molar-refractivity contribution in [3.8, 4) is 0 Å². The van der Waals surface area contributed by atoms with E-state index < -0.39 is 24.1 Å². The zero-order valence-corrected chi connectivity index (χ0v) is 21.3. The third-order valence-corrected chi connectivity index (χ3v) is 8.10. The number of hydrogen-bond acceptors (Lipinski definition) is 7. The van der Waals surface area contributed by atoms with Crippen LogP contribution >= 0.6 is 0 Å². The van der Waals surface area contributed by atoms with Gasteiger partial charge in [0.25, 0.3) is 0 Å². The summed E-state index contributed by atoms with van der Waals surface area (Å²) in [5.74, 6) is -0.832. The third kappa shape index (κ3) is 3.91. The first kappa shape index (κ1) is 24.4. The molecule has 1 aliphatic heterocycles. The van der Waals surface area contributed by atoms with Gasteiger partial charge in [-0.15, -0.1) is 0 Å². The van der Waals surface area contributed by atoms with Crippen LogP contribution in [0.15, 0.2) is 41.1 Å². The minimum absolute atomic E-state index is 0.0277. The van der Waals surface area contributed by atoms with Crippen LogP contribution in [0.3, 0.4) is 0 Å². The van der Waals surface area contributed by atoms with E-state index in [2.05, 4.69) is 4.98 Å². The number of aliphatic hydroxyl groups is 1. The van der Waals surface area contributed by atoms with E-state index in [1.807, 2.05) is 29.7 Å². The second-order valence-electron chi connectivity index (χ2n) is 10.3. The van der Waals surface area contributed by atoms with Crippen molar-refractivity contribution in [3.63, 3.8) is 0 Å². The topological polar surface area (TPSA) is 131 Å². The standard InChI is InChI=1S/C28H30N4O6/c1-15-6-7-19-21(31(15)28(36)37-2)8-9-22-24(19)30-26(32(22)18-5-3-4-17(12-18)27(34)35)25(33)20-13-16-10-11-38-23(16)14-29-20/h8-11,13-15,17-18,25,33H,3-7,12H2,1-2H3,(H,34,35)/t15-,17+,18+,25-/m0/s1. The molecule has 4 aromatic rings. The first-order chi connectivity index (χ1) is 18.4. The van der Waals surface area contributed by atoms with Gasteiger partial charge in [-0.05, 0) is 63.3 Å². The molecule has 38 heavy (non-hydrogen) atoms. The number of aliphatic carboxylic acids is 1. The lowest BCUT2D eigenvalue weighted by molar-refractivity contribution is -0.143. The molecular weight excluding hydrogens is 488 g/mol. The lowest BCUT2D eigenvalue weighted by atomic mass is 9.85. The van der Waals surface area contributed by atoms with Gasteiger partial charge < -0.3 is 23.9 Å². The minimum atomic E-state index is -1.14. The Kier molecular flexibility index (Phi) is 6.06. The number of fused-ring (bicyclic) bond motifs is 4. The van der Waals surface area contributed by atoms with Crippen molar-refractivity contribution in [2.24, 2.45) is 5.92 Å². The lowest BCUT2D eigenvalue weighted by Gasteiger charge is -2.34. The molecule has 1 amide bonds. The number of carboxylic acids is 1. The molecule has 4 heterocycles. The number of ether oxygens (including phenoxy) is 1. The van der Waals surface area contributed by atoms with Crippen LogP contribution in [-0.2, 0) is 16.0 Å². The Labute approximate surface area is 218 Å². The van der Waals surface area contributed by atoms with Crippen molar-refractivity contribution in [2.75, 3.05) is 12.0 Å². The van der Waals surface area contributed by atoms with Crippen LogP contribution in [0.1, 0.15) is 68.3 Å². The van der Waals surface area contributed by atoms with Crippen molar-refractivity contribution >= 4 is 39.8 Å². The average Bonchev–Trinajstić information content (AvgIpc) is 3.56. The monoisotopic (exact) mass is 518 g/mol. The molecule has 1 fully saturated rings. The number of anilines is 1. The van der Waals surface area contributed by atoms with Crippen LogP contribution < -0.4 is 4.90 Å².